The average Bonchev–Trinajstić information content (AvgIpc) is 2.72. The predicted molar refractivity (Wildman–Crippen MR) is 66.8 cm³/mol. The van der Waals surface area contributed by atoms with E-state index in [-0.39, 0.29) is 0 Å². The van der Waals surface area contributed by atoms with E-state index in [1.54, 1.807) is 11.3 Å². The van der Waals surface area contributed by atoms with Crippen molar-refractivity contribution >= 4 is 17.2 Å². The number of aromatic nitrogens is 1. The molecule has 84 valence electrons. The molecule has 2 aromatic rings. The van der Waals surface area contributed by atoms with E-state index in [1.807, 2.05) is 35.7 Å². The second kappa shape index (κ2) is 5.51. The van der Waals surface area contributed by atoms with E-state index in [2.05, 4.69) is 4.98 Å². The van der Waals surface area contributed by atoms with E-state index in [0.717, 1.165) is 23.6 Å². The summed E-state index contributed by atoms with van der Waals surface area (Å²) in [5, 5.41) is 2.95. The van der Waals surface area contributed by atoms with Crippen molar-refractivity contribution in [2.75, 3.05) is 12.3 Å². The summed E-state index contributed by atoms with van der Waals surface area (Å²) in [5.41, 5.74) is 5.54. The van der Waals surface area contributed by atoms with Gasteiger partial charge in [0.15, 0.2) is 0 Å². The maximum absolute atomic E-state index is 5.58. The molecule has 0 aliphatic carbocycles. The first-order valence-electron chi connectivity index (χ1n) is 5.22. The van der Waals surface area contributed by atoms with Gasteiger partial charge in [-0.25, -0.2) is 4.98 Å². The highest BCUT2D eigenvalue weighted by molar-refractivity contribution is 7.10. The lowest BCUT2D eigenvalue weighted by Gasteiger charge is -2.04. The molecule has 0 aliphatic rings. The molecule has 16 heavy (non-hydrogen) atoms. The van der Waals surface area contributed by atoms with Gasteiger partial charge >= 0.3 is 0 Å². The lowest BCUT2D eigenvalue weighted by atomic mass is 10.3. The van der Waals surface area contributed by atoms with E-state index in [9.17, 15) is 0 Å². The van der Waals surface area contributed by atoms with Crippen LogP contribution in [-0.4, -0.2) is 11.6 Å². The minimum atomic E-state index is 0.615. The lowest BCUT2D eigenvalue weighted by Crippen LogP contribution is -1.99. The smallest absolute Gasteiger partial charge is 0.134 e. The first-order chi connectivity index (χ1) is 7.84. The third kappa shape index (κ3) is 3.24. The molecule has 0 spiro atoms. The lowest BCUT2D eigenvalue weighted by molar-refractivity contribution is 0.311. The van der Waals surface area contributed by atoms with Gasteiger partial charge in [-0.3, -0.25) is 0 Å². The van der Waals surface area contributed by atoms with Gasteiger partial charge in [0.05, 0.1) is 11.6 Å². The van der Waals surface area contributed by atoms with Crippen molar-refractivity contribution in [3.8, 4) is 5.75 Å². The standard InChI is InChI=1S/C12H14N2OS/c13-11-9-16-12(14-11)7-4-8-15-10-5-2-1-3-6-10/h1-3,5-6,9H,4,7-8,13H2. The van der Waals surface area contributed by atoms with Crippen LogP contribution < -0.4 is 10.5 Å². The first-order valence-corrected chi connectivity index (χ1v) is 6.10. The number of thiazole rings is 1. The van der Waals surface area contributed by atoms with Crippen LogP contribution in [-0.2, 0) is 6.42 Å². The van der Waals surface area contributed by atoms with Gasteiger partial charge in [0, 0.05) is 11.8 Å². The van der Waals surface area contributed by atoms with Crippen molar-refractivity contribution in [2.45, 2.75) is 12.8 Å². The molecule has 3 nitrogen and oxygen atoms in total. The molecule has 4 heteroatoms. The molecule has 0 saturated heterocycles. The largest absolute Gasteiger partial charge is 0.494 e. The second-order valence-electron chi connectivity index (χ2n) is 3.43. The fraction of sp³-hybridized carbons (Fsp3) is 0.250. The summed E-state index contributed by atoms with van der Waals surface area (Å²) in [7, 11) is 0. The Labute approximate surface area is 98.9 Å². The Balaban J connectivity index is 1.69. The van der Waals surface area contributed by atoms with Crippen molar-refractivity contribution in [1.29, 1.82) is 0 Å². The number of aryl methyl sites for hydroxylation is 1. The number of benzene rings is 1. The Kier molecular flexibility index (Phi) is 3.77. The van der Waals surface area contributed by atoms with Crippen LogP contribution >= 0.6 is 11.3 Å². The van der Waals surface area contributed by atoms with Crippen LogP contribution in [0, 0.1) is 0 Å². The van der Waals surface area contributed by atoms with Gasteiger partial charge in [0.1, 0.15) is 11.6 Å². The highest BCUT2D eigenvalue weighted by atomic mass is 32.1. The number of para-hydroxylation sites is 1. The number of nitrogens with zero attached hydrogens (tertiary/aromatic N) is 1. The number of hydrogen-bond donors (Lipinski definition) is 1. The maximum Gasteiger partial charge on any atom is 0.134 e. The van der Waals surface area contributed by atoms with E-state index >= 15 is 0 Å². The highest BCUT2D eigenvalue weighted by Crippen LogP contribution is 2.13. The van der Waals surface area contributed by atoms with Crippen LogP contribution in [0.4, 0.5) is 5.82 Å². The Hall–Kier alpha value is -1.55. The molecule has 1 aromatic carbocycles. The van der Waals surface area contributed by atoms with Crippen molar-refractivity contribution in [2.24, 2.45) is 0 Å². The SMILES string of the molecule is Nc1csc(CCCOc2ccccc2)n1. The summed E-state index contributed by atoms with van der Waals surface area (Å²) < 4.78 is 5.58. The Morgan fingerprint density at radius 3 is 2.75 bits per heavy atom. The van der Waals surface area contributed by atoms with Gasteiger partial charge < -0.3 is 10.5 Å². The summed E-state index contributed by atoms with van der Waals surface area (Å²) in [5.74, 6) is 1.53. The molecule has 0 unspecified atom stereocenters. The topological polar surface area (TPSA) is 48.1 Å². The van der Waals surface area contributed by atoms with E-state index in [0.29, 0.717) is 12.4 Å². The Morgan fingerprint density at radius 2 is 2.06 bits per heavy atom. The zero-order chi connectivity index (χ0) is 11.2. The van der Waals surface area contributed by atoms with Gasteiger partial charge in [0.2, 0.25) is 0 Å². The Bertz CT molecular complexity index is 428. The summed E-state index contributed by atoms with van der Waals surface area (Å²) in [6.07, 6.45) is 1.89. The number of nitrogens with two attached hydrogens (primary N) is 1. The van der Waals surface area contributed by atoms with E-state index in [4.69, 9.17) is 10.5 Å². The zero-order valence-corrected chi connectivity index (χ0v) is 9.74. The number of ether oxygens (including phenoxy) is 1. The molecule has 0 radical (unpaired) electrons. The van der Waals surface area contributed by atoms with Gasteiger partial charge in [-0.05, 0) is 18.6 Å². The number of hydrogen-bond acceptors (Lipinski definition) is 4. The van der Waals surface area contributed by atoms with Crippen LogP contribution in [0.2, 0.25) is 0 Å². The quantitative estimate of drug-likeness (QED) is 0.809. The van der Waals surface area contributed by atoms with Gasteiger partial charge in [-0.1, -0.05) is 18.2 Å². The average molecular weight is 234 g/mol. The molecular formula is C12H14N2OS. The van der Waals surface area contributed by atoms with E-state index < -0.39 is 0 Å². The summed E-state index contributed by atoms with van der Waals surface area (Å²) in [4.78, 5) is 4.20. The zero-order valence-electron chi connectivity index (χ0n) is 8.93. The second-order valence-corrected chi connectivity index (χ2v) is 4.37. The van der Waals surface area contributed by atoms with Crippen LogP contribution in [0.1, 0.15) is 11.4 Å². The minimum Gasteiger partial charge on any atom is -0.494 e. The third-order valence-electron chi connectivity index (χ3n) is 2.12. The normalized spacial score (nSPS) is 10.2. The van der Waals surface area contributed by atoms with Crippen LogP contribution in [0.3, 0.4) is 0 Å². The molecule has 0 aliphatic heterocycles. The van der Waals surface area contributed by atoms with Crippen molar-refractivity contribution in [3.05, 3.63) is 40.7 Å². The van der Waals surface area contributed by atoms with Crippen molar-refractivity contribution in [3.63, 3.8) is 0 Å². The molecule has 0 atom stereocenters. The molecule has 0 amide bonds. The van der Waals surface area contributed by atoms with E-state index in [1.165, 1.54) is 0 Å². The number of nitrogen functional groups attached to an aromatic ring is 1. The van der Waals surface area contributed by atoms with Gasteiger partial charge in [-0.2, -0.15) is 0 Å². The van der Waals surface area contributed by atoms with Gasteiger partial charge in [0.25, 0.3) is 0 Å². The molecule has 1 heterocycles. The van der Waals surface area contributed by atoms with Crippen LogP contribution in [0.15, 0.2) is 35.7 Å². The van der Waals surface area contributed by atoms with Crippen molar-refractivity contribution in [1.82, 2.24) is 4.98 Å². The highest BCUT2D eigenvalue weighted by Gasteiger charge is 1.99. The molecule has 1 aromatic heterocycles. The van der Waals surface area contributed by atoms with Crippen LogP contribution in [0.5, 0.6) is 5.75 Å². The third-order valence-corrected chi connectivity index (χ3v) is 3.04. The predicted octanol–water partition coefficient (Wildman–Crippen LogP) is 2.74. The monoisotopic (exact) mass is 234 g/mol. The minimum absolute atomic E-state index is 0.615. The molecule has 0 fully saturated rings. The summed E-state index contributed by atoms with van der Waals surface area (Å²) in [6, 6.07) is 9.84. The summed E-state index contributed by atoms with van der Waals surface area (Å²) in [6.45, 7) is 0.712. The Morgan fingerprint density at radius 1 is 1.25 bits per heavy atom. The molecule has 0 bridgehead atoms. The van der Waals surface area contributed by atoms with Crippen molar-refractivity contribution < 1.29 is 4.74 Å². The molecular weight excluding hydrogens is 220 g/mol. The number of anilines is 1. The summed E-state index contributed by atoms with van der Waals surface area (Å²) >= 11 is 1.60. The van der Waals surface area contributed by atoms with Gasteiger partial charge in [-0.15, -0.1) is 11.3 Å². The number of rotatable bonds is 5. The van der Waals surface area contributed by atoms with Crippen LogP contribution in [0.25, 0.3) is 0 Å². The molecule has 0 saturated carbocycles. The first kappa shape index (κ1) is 11.0. The maximum atomic E-state index is 5.58. The fourth-order valence-corrected chi connectivity index (χ4v) is 2.10. The molecule has 2 N–H and O–H groups in total. The fourth-order valence-electron chi connectivity index (χ4n) is 1.37. The molecule has 2 rings (SSSR count).